The highest BCUT2D eigenvalue weighted by atomic mass is 19.1. The van der Waals surface area contributed by atoms with E-state index in [2.05, 4.69) is 0 Å². The van der Waals surface area contributed by atoms with Crippen molar-refractivity contribution in [2.75, 3.05) is 11.9 Å². The molecule has 2 rings (SSSR count). The molecule has 1 N–H and O–H groups in total. The highest BCUT2D eigenvalue weighted by molar-refractivity contribution is 5.96. The number of aliphatic carboxylic acids is 1. The second-order valence-corrected chi connectivity index (χ2v) is 5.21. The van der Waals surface area contributed by atoms with E-state index in [4.69, 9.17) is 0 Å². The number of nitrogens with zero attached hydrogens (tertiary/aromatic N) is 1. The largest absolute Gasteiger partial charge is 0.481 e. The normalized spacial score (nSPS) is 22.3. The highest BCUT2D eigenvalue weighted by Crippen LogP contribution is 2.32. The molecule has 2 atom stereocenters. The van der Waals surface area contributed by atoms with Gasteiger partial charge in [0.2, 0.25) is 5.91 Å². The summed E-state index contributed by atoms with van der Waals surface area (Å²) < 4.78 is 13.2. The maximum absolute atomic E-state index is 13.2. The van der Waals surface area contributed by atoms with Gasteiger partial charge in [0.05, 0.1) is 11.8 Å². The fourth-order valence-corrected chi connectivity index (χ4v) is 2.78. The van der Waals surface area contributed by atoms with Crippen LogP contribution in [0.2, 0.25) is 0 Å². The average molecular weight is 279 g/mol. The third kappa shape index (κ3) is 2.98. The van der Waals surface area contributed by atoms with E-state index in [-0.39, 0.29) is 5.91 Å². The number of halogens is 1. The van der Waals surface area contributed by atoms with Crippen molar-refractivity contribution in [3.63, 3.8) is 0 Å². The Morgan fingerprint density at radius 2 is 1.90 bits per heavy atom. The van der Waals surface area contributed by atoms with Crippen LogP contribution in [0.3, 0.4) is 0 Å². The van der Waals surface area contributed by atoms with E-state index in [0.717, 1.165) is 12.8 Å². The van der Waals surface area contributed by atoms with E-state index < -0.39 is 23.6 Å². The van der Waals surface area contributed by atoms with Crippen molar-refractivity contribution < 1.29 is 19.1 Å². The minimum atomic E-state index is -0.921. The van der Waals surface area contributed by atoms with E-state index in [1.54, 1.807) is 13.1 Å². The van der Waals surface area contributed by atoms with Gasteiger partial charge in [-0.2, -0.15) is 0 Å². The maximum atomic E-state index is 13.2. The van der Waals surface area contributed by atoms with Crippen molar-refractivity contribution in [1.82, 2.24) is 0 Å². The lowest BCUT2D eigenvalue weighted by molar-refractivity contribution is -0.148. The van der Waals surface area contributed by atoms with Crippen LogP contribution in [-0.2, 0) is 9.59 Å². The third-order valence-electron chi connectivity index (χ3n) is 3.93. The van der Waals surface area contributed by atoms with E-state index in [1.165, 1.54) is 23.1 Å². The Balaban J connectivity index is 2.18. The van der Waals surface area contributed by atoms with Gasteiger partial charge in [-0.05, 0) is 31.0 Å². The smallest absolute Gasteiger partial charge is 0.307 e. The van der Waals surface area contributed by atoms with Gasteiger partial charge >= 0.3 is 5.97 Å². The van der Waals surface area contributed by atoms with Crippen molar-refractivity contribution in [2.45, 2.75) is 25.7 Å². The van der Waals surface area contributed by atoms with Gasteiger partial charge in [-0.3, -0.25) is 9.59 Å². The van der Waals surface area contributed by atoms with E-state index in [9.17, 15) is 19.1 Å². The average Bonchev–Trinajstić information content (AvgIpc) is 2.45. The maximum Gasteiger partial charge on any atom is 0.307 e. The van der Waals surface area contributed by atoms with Crippen LogP contribution in [-0.4, -0.2) is 24.0 Å². The van der Waals surface area contributed by atoms with E-state index in [1.807, 2.05) is 0 Å². The summed E-state index contributed by atoms with van der Waals surface area (Å²) in [5.41, 5.74) is 0.449. The molecule has 1 aromatic carbocycles. The number of amides is 1. The van der Waals surface area contributed by atoms with Gasteiger partial charge in [-0.1, -0.05) is 18.9 Å². The Kier molecular flexibility index (Phi) is 4.37. The van der Waals surface area contributed by atoms with Gasteiger partial charge in [0, 0.05) is 12.7 Å². The predicted octanol–water partition coefficient (Wildman–Crippen LogP) is 2.68. The number of carbonyl (C=O) groups excluding carboxylic acids is 1. The fraction of sp³-hybridized carbons (Fsp3) is 0.467. The number of anilines is 1. The van der Waals surface area contributed by atoms with Crippen molar-refractivity contribution in [1.29, 1.82) is 0 Å². The van der Waals surface area contributed by atoms with Gasteiger partial charge in [-0.15, -0.1) is 0 Å². The minimum Gasteiger partial charge on any atom is -0.481 e. The molecule has 2 unspecified atom stereocenters. The van der Waals surface area contributed by atoms with Crippen LogP contribution in [0.4, 0.5) is 10.1 Å². The van der Waals surface area contributed by atoms with Gasteiger partial charge in [0.15, 0.2) is 0 Å². The Morgan fingerprint density at radius 1 is 1.25 bits per heavy atom. The first-order valence-electron chi connectivity index (χ1n) is 6.76. The number of carboxylic acid groups (broad SMARTS) is 1. The van der Waals surface area contributed by atoms with Crippen LogP contribution in [0.5, 0.6) is 0 Å². The van der Waals surface area contributed by atoms with Gasteiger partial charge in [-0.25, -0.2) is 4.39 Å². The van der Waals surface area contributed by atoms with Crippen molar-refractivity contribution in [3.05, 3.63) is 30.1 Å². The SMILES string of the molecule is CN(C(=O)C1CCCCC1C(=O)O)c1cccc(F)c1. The molecule has 1 aromatic rings. The molecule has 0 saturated heterocycles. The lowest BCUT2D eigenvalue weighted by Gasteiger charge is -2.31. The second-order valence-electron chi connectivity index (χ2n) is 5.21. The molecule has 1 aliphatic rings. The minimum absolute atomic E-state index is 0.247. The third-order valence-corrected chi connectivity index (χ3v) is 3.93. The topological polar surface area (TPSA) is 57.6 Å². The molecule has 1 saturated carbocycles. The first kappa shape index (κ1) is 14.5. The van der Waals surface area contributed by atoms with Crippen molar-refractivity contribution >= 4 is 17.6 Å². The van der Waals surface area contributed by atoms with Gasteiger partial charge < -0.3 is 10.0 Å². The first-order chi connectivity index (χ1) is 9.50. The molecule has 0 radical (unpaired) electrons. The predicted molar refractivity (Wildman–Crippen MR) is 72.9 cm³/mol. The van der Waals surface area contributed by atoms with Crippen LogP contribution >= 0.6 is 0 Å². The van der Waals surface area contributed by atoms with Crippen LogP contribution in [0.1, 0.15) is 25.7 Å². The molecular weight excluding hydrogens is 261 g/mol. The zero-order chi connectivity index (χ0) is 14.7. The Labute approximate surface area is 117 Å². The van der Waals surface area contributed by atoms with Crippen LogP contribution in [0.25, 0.3) is 0 Å². The molecule has 1 aliphatic carbocycles. The summed E-state index contributed by atoms with van der Waals surface area (Å²) in [5, 5.41) is 9.22. The molecule has 0 heterocycles. The number of benzene rings is 1. The summed E-state index contributed by atoms with van der Waals surface area (Å²) in [6.45, 7) is 0. The summed E-state index contributed by atoms with van der Waals surface area (Å²) in [7, 11) is 1.56. The number of hydrogen-bond acceptors (Lipinski definition) is 2. The quantitative estimate of drug-likeness (QED) is 0.925. The Morgan fingerprint density at radius 3 is 2.50 bits per heavy atom. The first-order valence-corrected chi connectivity index (χ1v) is 6.76. The molecule has 0 bridgehead atoms. The highest BCUT2D eigenvalue weighted by Gasteiger charge is 2.37. The molecule has 5 heteroatoms. The van der Waals surface area contributed by atoms with E-state index >= 15 is 0 Å². The van der Waals surface area contributed by atoms with Crippen LogP contribution < -0.4 is 4.90 Å². The van der Waals surface area contributed by atoms with Crippen molar-refractivity contribution in [2.24, 2.45) is 11.8 Å². The van der Waals surface area contributed by atoms with Crippen LogP contribution in [0, 0.1) is 17.7 Å². The summed E-state index contributed by atoms with van der Waals surface area (Å²) >= 11 is 0. The molecule has 1 fully saturated rings. The molecule has 20 heavy (non-hydrogen) atoms. The number of rotatable bonds is 3. The summed E-state index contributed by atoms with van der Waals surface area (Å²) in [6, 6.07) is 5.75. The zero-order valence-corrected chi connectivity index (χ0v) is 11.4. The Hall–Kier alpha value is -1.91. The number of hydrogen-bond donors (Lipinski definition) is 1. The lowest BCUT2D eigenvalue weighted by Crippen LogP contribution is -2.40. The Bertz CT molecular complexity index is 518. The standard InChI is InChI=1S/C15H18FNO3/c1-17(11-6-4-5-10(16)9-11)14(18)12-7-2-3-8-13(12)15(19)20/h4-6,9,12-13H,2-3,7-8H2,1H3,(H,19,20). The molecule has 4 nitrogen and oxygen atoms in total. The zero-order valence-electron chi connectivity index (χ0n) is 11.4. The second kappa shape index (κ2) is 6.03. The molecule has 108 valence electrons. The number of carboxylic acids is 1. The molecule has 0 aromatic heterocycles. The van der Waals surface area contributed by atoms with Gasteiger partial charge in [0.25, 0.3) is 0 Å². The summed E-state index contributed by atoms with van der Waals surface area (Å²) in [6.07, 6.45) is 2.81. The van der Waals surface area contributed by atoms with E-state index in [0.29, 0.717) is 18.5 Å². The molecular formula is C15H18FNO3. The monoisotopic (exact) mass is 279 g/mol. The summed E-state index contributed by atoms with van der Waals surface area (Å²) in [4.78, 5) is 25.1. The fourth-order valence-electron chi connectivity index (χ4n) is 2.78. The molecule has 1 amide bonds. The van der Waals surface area contributed by atoms with Gasteiger partial charge in [0.1, 0.15) is 5.82 Å². The summed E-state index contributed by atoms with van der Waals surface area (Å²) in [5.74, 6) is -2.74. The lowest BCUT2D eigenvalue weighted by atomic mass is 9.78. The molecule has 0 aliphatic heterocycles. The number of carbonyl (C=O) groups is 2. The molecule has 0 spiro atoms. The van der Waals surface area contributed by atoms with Crippen LogP contribution in [0.15, 0.2) is 24.3 Å². The van der Waals surface area contributed by atoms with Crippen molar-refractivity contribution in [3.8, 4) is 0 Å².